The Morgan fingerprint density at radius 1 is 0.121 bits per heavy atom. The maximum Gasteiger partial charge on any atom is -0.00921 e. The summed E-state index contributed by atoms with van der Waals surface area (Å²) in [6, 6.07) is 93.7. The molecule has 0 aliphatic rings. The standard InChI is InChI=1S/C66H42/c1-5-13-43(14-6-1)47-21-29-51(30-22-47)55-37-59-60(38-56(55)52-31-23-48(24-32-52)44-15-7-2-8-16-44)64-42-66-62-40-58(54-35-27-50(28-36-54)46-19-11-4-12-20-46)57(39-61(62)65(66)41-63(59)64)53-33-25-49(26-34-53)45-17-9-3-10-18-45/h1-42H. The zero-order valence-electron chi connectivity index (χ0n) is 36.2. The molecule has 0 radical (unpaired) electrons. The van der Waals surface area contributed by atoms with Crippen molar-refractivity contribution in [2.45, 2.75) is 0 Å². The summed E-state index contributed by atoms with van der Waals surface area (Å²) in [4.78, 5) is 0. The van der Waals surface area contributed by atoms with Crippen LogP contribution in [0.15, 0.2) is 255 Å². The van der Waals surface area contributed by atoms with Crippen molar-refractivity contribution in [2.75, 3.05) is 0 Å². The molecule has 0 heteroatoms. The highest BCUT2D eigenvalue weighted by molar-refractivity contribution is 6.36. The lowest BCUT2D eigenvalue weighted by molar-refractivity contribution is 1.58. The van der Waals surface area contributed by atoms with E-state index in [9.17, 15) is 0 Å². The molecule has 0 fully saturated rings. The van der Waals surface area contributed by atoms with E-state index in [0.717, 1.165) is 0 Å². The van der Waals surface area contributed by atoms with Crippen molar-refractivity contribution in [3.8, 4) is 89.0 Å². The molecule has 0 aliphatic heterocycles. The normalized spacial score (nSPS) is 11.6. The highest BCUT2D eigenvalue weighted by Crippen LogP contribution is 2.50. The second-order valence-electron chi connectivity index (χ2n) is 17.6. The van der Waals surface area contributed by atoms with Gasteiger partial charge < -0.3 is 0 Å². The Morgan fingerprint density at radius 3 is 0.470 bits per heavy atom. The molecule has 66 heavy (non-hydrogen) atoms. The van der Waals surface area contributed by atoms with Crippen LogP contribution in [-0.4, -0.2) is 0 Å². The van der Waals surface area contributed by atoms with Gasteiger partial charge in [0, 0.05) is 0 Å². The van der Waals surface area contributed by atoms with E-state index < -0.39 is 0 Å². The SMILES string of the molecule is c1ccc(-c2ccc(-c3cc4c(cc3-c3ccc(-c5ccccc5)cc3)c3cc5c6cc(-c7ccc(-c8ccccc8)cc7)c(-c7ccc(-c8ccccc8)cc7)cc6c5cc43)cc2)cc1. The molecule has 13 aromatic rings. The summed E-state index contributed by atoms with van der Waals surface area (Å²) in [5.74, 6) is 0. The van der Waals surface area contributed by atoms with Gasteiger partial charge in [-0.2, -0.15) is 0 Å². The minimum atomic E-state index is 1.22. The average molecular weight is 835 g/mol. The molecular formula is C66H42. The zero-order chi connectivity index (χ0) is 43.6. The van der Waals surface area contributed by atoms with Crippen LogP contribution >= 0.6 is 0 Å². The molecule has 13 aromatic carbocycles. The summed E-state index contributed by atoms with van der Waals surface area (Å²) < 4.78 is 0. The van der Waals surface area contributed by atoms with Crippen LogP contribution in [0, 0.1) is 0 Å². The monoisotopic (exact) mass is 834 g/mol. The minimum absolute atomic E-state index is 1.22. The topological polar surface area (TPSA) is 0 Å². The van der Waals surface area contributed by atoms with Crippen LogP contribution in [0.2, 0.25) is 0 Å². The van der Waals surface area contributed by atoms with Crippen molar-refractivity contribution in [3.05, 3.63) is 255 Å². The summed E-state index contributed by atoms with van der Waals surface area (Å²) in [6.07, 6.45) is 0. The molecule has 0 saturated heterocycles. The van der Waals surface area contributed by atoms with Crippen molar-refractivity contribution in [3.63, 3.8) is 0 Å². The molecule has 306 valence electrons. The fraction of sp³-hybridized carbons (Fsp3) is 0. The van der Waals surface area contributed by atoms with E-state index in [1.165, 1.54) is 132 Å². The fourth-order valence-corrected chi connectivity index (χ4v) is 10.3. The predicted molar refractivity (Wildman–Crippen MR) is 282 cm³/mol. The van der Waals surface area contributed by atoms with Gasteiger partial charge in [-0.05, 0) is 169 Å². The zero-order valence-corrected chi connectivity index (χ0v) is 36.2. The van der Waals surface area contributed by atoms with E-state index >= 15 is 0 Å². The Balaban J connectivity index is 0.959. The number of hydrogen-bond acceptors (Lipinski definition) is 0. The second kappa shape index (κ2) is 15.6. The first-order valence-electron chi connectivity index (χ1n) is 22.9. The lowest BCUT2D eigenvalue weighted by atomic mass is 9.81. The molecule has 0 N–H and O–H groups in total. The lowest BCUT2D eigenvalue weighted by Gasteiger charge is -2.22. The van der Waals surface area contributed by atoms with Gasteiger partial charge in [-0.1, -0.05) is 218 Å². The van der Waals surface area contributed by atoms with Crippen LogP contribution < -0.4 is 0 Å². The summed E-state index contributed by atoms with van der Waals surface area (Å²) in [7, 11) is 0. The van der Waals surface area contributed by atoms with Crippen LogP contribution in [0.3, 0.4) is 0 Å². The van der Waals surface area contributed by atoms with Crippen molar-refractivity contribution in [2.24, 2.45) is 0 Å². The minimum Gasteiger partial charge on any atom is -0.0622 e. The molecule has 0 spiro atoms. The third kappa shape index (κ3) is 6.46. The highest BCUT2D eigenvalue weighted by atomic mass is 14.3. The number of fused-ring (bicyclic) bond motifs is 8. The molecule has 0 amide bonds. The number of benzene rings is 11. The molecule has 0 bridgehead atoms. The summed E-state index contributed by atoms with van der Waals surface area (Å²) >= 11 is 0. The summed E-state index contributed by atoms with van der Waals surface area (Å²) in [6.45, 7) is 0. The molecule has 0 aromatic heterocycles. The molecule has 13 rings (SSSR count). The summed E-state index contributed by atoms with van der Waals surface area (Å²) in [5, 5.41) is 10.6. The first-order valence-corrected chi connectivity index (χ1v) is 22.9. The second-order valence-corrected chi connectivity index (χ2v) is 17.6. The third-order valence-corrected chi connectivity index (χ3v) is 13.8. The maximum atomic E-state index is 2.46. The first kappa shape index (κ1) is 37.9. The van der Waals surface area contributed by atoms with Crippen molar-refractivity contribution < 1.29 is 0 Å². The third-order valence-electron chi connectivity index (χ3n) is 13.8. The molecule has 0 saturated carbocycles. The molecule has 0 atom stereocenters. The Bertz CT molecular complexity index is 3300. The first-order chi connectivity index (χ1) is 32.7. The van der Waals surface area contributed by atoms with Crippen LogP contribution in [0.25, 0.3) is 132 Å². The van der Waals surface area contributed by atoms with E-state index in [-0.39, 0.29) is 0 Å². The van der Waals surface area contributed by atoms with Crippen LogP contribution in [0.4, 0.5) is 0 Å². The average Bonchev–Trinajstić information content (AvgIpc) is 3.40. The van der Waals surface area contributed by atoms with Gasteiger partial charge in [0.1, 0.15) is 0 Å². The van der Waals surface area contributed by atoms with Gasteiger partial charge >= 0.3 is 0 Å². The van der Waals surface area contributed by atoms with E-state index in [0.29, 0.717) is 0 Å². The van der Waals surface area contributed by atoms with E-state index in [1.54, 1.807) is 0 Å². The Morgan fingerprint density at radius 2 is 0.273 bits per heavy atom. The molecule has 0 aliphatic carbocycles. The van der Waals surface area contributed by atoms with Gasteiger partial charge in [0.05, 0.1) is 0 Å². The van der Waals surface area contributed by atoms with Crippen molar-refractivity contribution >= 4 is 43.1 Å². The molecule has 0 heterocycles. The molecule has 0 nitrogen and oxygen atoms in total. The number of rotatable bonds is 8. The quantitative estimate of drug-likeness (QED) is 0.143. The van der Waals surface area contributed by atoms with Gasteiger partial charge in [0.25, 0.3) is 0 Å². The van der Waals surface area contributed by atoms with E-state index in [4.69, 9.17) is 0 Å². The van der Waals surface area contributed by atoms with Gasteiger partial charge in [-0.25, -0.2) is 0 Å². The largest absolute Gasteiger partial charge is 0.0622 e. The van der Waals surface area contributed by atoms with Crippen LogP contribution in [0.5, 0.6) is 0 Å². The van der Waals surface area contributed by atoms with Gasteiger partial charge in [0.15, 0.2) is 0 Å². The highest BCUT2D eigenvalue weighted by Gasteiger charge is 2.22. The van der Waals surface area contributed by atoms with Crippen molar-refractivity contribution in [1.82, 2.24) is 0 Å². The number of hydrogen-bond donors (Lipinski definition) is 0. The maximum absolute atomic E-state index is 2.46. The predicted octanol–water partition coefficient (Wildman–Crippen LogP) is 18.5. The Kier molecular flexibility index (Phi) is 8.96. The Labute approximate surface area is 385 Å². The molecular weight excluding hydrogens is 793 g/mol. The van der Waals surface area contributed by atoms with Gasteiger partial charge in [-0.15, -0.1) is 0 Å². The van der Waals surface area contributed by atoms with Gasteiger partial charge in [-0.3, -0.25) is 0 Å². The van der Waals surface area contributed by atoms with E-state index in [1.807, 2.05) is 0 Å². The molecule has 0 unspecified atom stereocenters. The van der Waals surface area contributed by atoms with Crippen LogP contribution in [-0.2, 0) is 0 Å². The Hall–Kier alpha value is -8.58. The summed E-state index contributed by atoms with van der Waals surface area (Å²) in [5.41, 5.74) is 19.7. The van der Waals surface area contributed by atoms with Gasteiger partial charge in [0.2, 0.25) is 0 Å². The lowest BCUT2D eigenvalue weighted by Crippen LogP contribution is -1.95. The van der Waals surface area contributed by atoms with E-state index in [2.05, 4.69) is 255 Å². The van der Waals surface area contributed by atoms with Crippen LogP contribution in [0.1, 0.15) is 0 Å². The van der Waals surface area contributed by atoms with Crippen molar-refractivity contribution in [1.29, 1.82) is 0 Å². The smallest absolute Gasteiger partial charge is 0.00921 e. The fourth-order valence-electron chi connectivity index (χ4n) is 10.3.